The fourth-order valence-corrected chi connectivity index (χ4v) is 3.33. The quantitative estimate of drug-likeness (QED) is 0.729. The van der Waals surface area contributed by atoms with E-state index < -0.39 is 31.2 Å². The molecule has 0 heterocycles. The van der Waals surface area contributed by atoms with E-state index in [0.717, 1.165) is 28.6 Å². The van der Waals surface area contributed by atoms with Crippen LogP contribution in [0.1, 0.15) is 6.92 Å². The summed E-state index contributed by atoms with van der Waals surface area (Å²) in [5.41, 5.74) is 0. The predicted octanol–water partition coefficient (Wildman–Crippen LogP) is 1.00. The zero-order valence-corrected chi connectivity index (χ0v) is 12.9. The van der Waals surface area contributed by atoms with Crippen molar-refractivity contribution >= 4 is 20.2 Å². The molecule has 0 aliphatic rings. The maximum atomic E-state index is 12.7. The molecule has 1 aromatic carbocycles. The molecule has 0 N–H and O–H groups in total. The van der Waals surface area contributed by atoms with Crippen molar-refractivity contribution in [3.8, 4) is 0 Å². The standard InChI is InChI=1S/C11H16FNO5S2/c1-9(8-18-3)13(2)20(16,17)11-6-4-10(5-7-11)19(12,14)15/h4-7,9H,8H2,1-3H3. The minimum Gasteiger partial charge on any atom is -0.383 e. The summed E-state index contributed by atoms with van der Waals surface area (Å²) in [7, 11) is -5.78. The summed E-state index contributed by atoms with van der Waals surface area (Å²) in [6.07, 6.45) is 0. The second-order valence-electron chi connectivity index (χ2n) is 4.23. The molecule has 0 spiro atoms. The van der Waals surface area contributed by atoms with E-state index in [1.807, 2.05) is 0 Å². The van der Waals surface area contributed by atoms with Gasteiger partial charge in [0, 0.05) is 20.2 Å². The van der Waals surface area contributed by atoms with Crippen LogP contribution >= 0.6 is 0 Å². The normalized spacial score (nSPS) is 14.4. The van der Waals surface area contributed by atoms with E-state index in [-0.39, 0.29) is 11.5 Å². The van der Waals surface area contributed by atoms with Crippen molar-refractivity contribution < 1.29 is 25.5 Å². The molecule has 114 valence electrons. The first-order valence-corrected chi connectivity index (χ1v) is 8.44. The largest absolute Gasteiger partial charge is 0.383 e. The fraction of sp³-hybridized carbons (Fsp3) is 0.455. The van der Waals surface area contributed by atoms with Crippen LogP contribution in [0.4, 0.5) is 3.89 Å². The number of hydrogen-bond acceptors (Lipinski definition) is 5. The van der Waals surface area contributed by atoms with Crippen LogP contribution in [0.3, 0.4) is 0 Å². The lowest BCUT2D eigenvalue weighted by Gasteiger charge is -2.23. The highest BCUT2D eigenvalue weighted by Gasteiger charge is 2.25. The minimum absolute atomic E-state index is 0.115. The molecule has 1 rings (SSSR count). The fourth-order valence-electron chi connectivity index (χ4n) is 1.52. The van der Waals surface area contributed by atoms with Gasteiger partial charge in [0.2, 0.25) is 10.0 Å². The third kappa shape index (κ3) is 3.75. The summed E-state index contributed by atoms with van der Waals surface area (Å²) in [5, 5.41) is 0. The predicted molar refractivity (Wildman–Crippen MR) is 71.0 cm³/mol. The van der Waals surface area contributed by atoms with Gasteiger partial charge in [0.15, 0.2) is 0 Å². The first-order chi connectivity index (χ1) is 9.10. The van der Waals surface area contributed by atoms with Crippen LogP contribution in [-0.4, -0.2) is 47.9 Å². The Balaban J connectivity index is 3.11. The van der Waals surface area contributed by atoms with Crippen LogP contribution in [0.2, 0.25) is 0 Å². The number of benzene rings is 1. The molecule has 6 nitrogen and oxygen atoms in total. The van der Waals surface area contributed by atoms with Crippen molar-refractivity contribution in [2.24, 2.45) is 0 Å². The SMILES string of the molecule is COCC(C)N(C)S(=O)(=O)c1ccc(S(=O)(=O)F)cc1. The summed E-state index contributed by atoms with van der Waals surface area (Å²) in [4.78, 5) is -0.695. The van der Waals surface area contributed by atoms with E-state index in [4.69, 9.17) is 4.74 Å². The Kier molecular flexibility index (Phi) is 5.25. The highest BCUT2D eigenvalue weighted by atomic mass is 32.3. The third-order valence-electron chi connectivity index (χ3n) is 2.81. The molecule has 1 unspecified atom stereocenters. The molecule has 0 amide bonds. The van der Waals surface area contributed by atoms with Gasteiger partial charge in [-0.2, -0.15) is 12.7 Å². The molecule has 0 saturated carbocycles. The molecule has 0 radical (unpaired) electrons. The molecule has 9 heteroatoms. The maximum absolute atomic E-state index is 12.7. The number of nitrogens with zero attached hydrogens (tertiary/aromatic N) is 1. The summed E-state index contributed by atoms with van der Waals surface area (Å²) in [6.45, 7) is 1.88. The maximum Gasteiger partial charge on any atom is 0.332 e. The molecule has 0 fully saturated rings. The molecule has 0 aliphatic heterocycles. The van der Waals surface area contributed by atoms with Crippen molar-refractivity contribution in [3.63, 3.8) is 0 Å². The average molecular weight is 325 g/mol. The zero-order chi connectivity index (χ0) is 15.6. The van der Waals surface area contributed by atoms with Gasteiger partial charge in [-0.05, 0) is 31.2 Å². The Bertz CT molecular complexity index is 655. The molecule has 1 atom stereocenters. The molecule has 0 bridgehead atoms. The lowest BCUT2D eigenvalue weighted by molar-refractivity contribution is 0.149. The van der Waals surface area contributed by atoms with Crippen LogP contribution in [0.15, 0.2) is 34.1 Å². The molecular weight excluding hydrogens is 309 g/mol. The second-order valence-corrected chi connectivity index (χ2v) is 7.58. The molecule has 0 saturated heterocycles. The zero-order valence-electron chi connectivity index (χ0n) is 11.3. The molecule has 20 heavy (non-hydrogen) atoms. The van der Waals surface area contributed by atoms with Crippen molar-refractivity contribution in [2.45, 2.75) is 22.8 Å². The number of ether oxygens (including phenoxy) is 1. The summed E-state index contributed by atoms with van der Waals surface area (Å²) >= 11 is 0. The average Bonchev–Trinajstić information content (AvgIpc) is 2.37. The monoisotopic (exact) mass is 325 g/mol. The van der Waals surface area contributed by atoms with Crippen molar-refractivity contribution in [3.05, 3.63) is 24.3 Å². The van der Waals surface area contributed by atoms with E-state index in [9.17, 15) is 20.7 Å². The smallest absolute Gasteiger partial charge is 0.332 e. The van der Waals surface area contributed by atoms with Crippen LogP contribution in [0.5, 0.6) is 0 Å². The van der Waals surface area contributed by atoms with E-state index in [1.54, 1.807) is 6.92 Å². The Morgan fingerprint density at radius 2 is 1.60 bits per heavy atom. The van der Waals surface area contributed by atoms with Gasteiger partial charge in [-0.15, -0.1) is 3.89 Å². The number of likely N-dealkylation sites (N-methyl/N-ethyl adjacent to an activating group) is 1. The topological polar surface area (TPSA) is 80.8 Å². The van der Waals surface area contributed by atoms with Gasteiger partial charge in [-0.3, -0.25) is 0 Å². The first-order valence-electron chi connectivity index (χ1n) is 5.62. The Labute approximate surface area is 118 Å². The van der Waals surface area contributed by atoms with Crippen molar-refractivity contribution in [1.82, 2.24) is 4.31 Å². The van der Waals surface area contributed by atoms with E-state index in [1.165, 1.54) is 14.2 Å². The lowest BCUT2D eigenvalue weighted by Crippen LogP contribution is -2.37. The summed E-state index contributed by atoms with van der Waals surface area (Å²) < 4.78 is 64.6. The molecule has 0 aliphatic carbocycles. The Morgan fingerprint density at radius 3 is 2.00 bits per heavy atom. The second kappa shape index (κ2) is 6.17. The molecule has 1 aromatic rings. The van der Waals surface area contributed by atoms with E-state index in [0.29, 0.717) is 0 Å². The lowest BCUT2D eigenvalue weighted by atomic mass is 10.4. The van der Waals surface area contributed by atoms with Gasteiger partial charge in [-0.25, -0.2) is 8.42 Å². The van der Waals surface area contributed by atoms with Gasteiger partial charge in [-0.1, -0.05) is 0 Å². The Morgan fingerprint density at radius 1 is 1.15 bits per heavy atom. The Hall–Kier alpha value is -1.03. The number of sulfonamides is 1. The third-order valence-corrected chi connectivity index (χ3v) is 5.63. The highest BCUT2D eigenvalue weighted by molar-refractivity contribution is 7.89. The van der Waals surface area contributed by atoms with Gasteiger partial charge < -0.3 is 4.74 Å². The van der Waals surface area contributed by atoms with Crippen LogP contribution in [-0.2, 0) is 25.0 Å². The van der Waals surface area contributed by atoms with Gasteiger partial charge in [0.05, 0.1) is 16.4 Å². The molecule has 0 aromatic heterocycles. The number of rotatable bonds is 6. The summed E-state index contributed by atoms with van der Waals surface area (Å²) in [5.74, 6) is 0. The molecular formula is C11H16FNO5S2. The number of methoxy groups -OCH3 is 1. The van der Waals surface area contributed by atoms with Gasteiger partial charge in [0.1, 0.15) is 0 Å². The van der Waals surface area contributed by atoms with Crippen LogP contribution < -0.4 is 0 Å². The van der Waals surface area contributed by atoms with E-state index >= 15 is 0 Å². The van der Waals surface area contributed by atoms with Gasteiger partial charge in [0.25, 0.3) is 0 Å². The van der Waals surface area contributed by atoms with E-state index in [2.05, 4.69) is 0 Å². The first kappa shape index (κ1) is 17.0. The van der Waals surface area contributed by atoms with Crippen molar-refractivity contribution in [2.75, 3.05) is 20.8 Å². The number of hydrogen-bond donors (Lipinski definition) is 0. The van der Waals surface area contributed by atoms with Crippen LogP contribution in [0.25, 0.3) is 0 Å². The summed E-state index contributed by atoms with van der Waals surface area (Å²) in [6, 6.07) is 3.54. The minimum atomic E-state index is -4.84. The van der Waals surface area contributed by atoms with Crippen LogP contribution in [0, 0.1) is 0 Å². The van der Waals surface area contributed by atoms with Gasteiger partial charge >= 0.3 is 10.2 Å². The highest BCUT2D eigenvalue weighted by Crippen LogP contribution is 2.20. The van der Waals surface area contributed by atoms with Crippen molar-refractivity contribution in [1.29, 1.82) is 0 Å². The number of halogens is 1.